The third kappa shape index (κ3) is 3.02. The molecule has 1 fully saturated rings. The molecule has 5 nitrogen and oxygen atoms in total. The minimum absolute atomic E-state index is 0.0892. The van der Waals surface area contributed by atoms with Crippen LogP contribution in [0.1, 0.15) is 12.8 Å². The molecule has 0 radical (unpaired) electrons. The molecule has 1 rings (SSSR count). The smallest absolute Gasteiger partial charge is 0.328 e. The Morgan fingerprint density at radius 2 is 2.38 bits per heavy atom. The van der Waals surface area contributed by atoms with Gasteiger partial charge in [0.2, 0.25) is 5.91 Å². The second kappa shape index (κ2) is 4.81. The first kappa shape index (κ1) is 9.98. The number of carbonyl (C=O) groups is 2. The van der Waals surface area contributed by atoms with E-state index >= 15 is 0 Å². The average molecular weight is 187 g/mol. The molecule has 1 atom stereocenters. The van der Waals surface area contributed by atoms with Gasteiger partial charge in [-0.25, -0.2) is 4.79 Å². The Morgan fingerprint density at radius 3 is 2.92 bits per heavy atom. The molecule has 1 amide bonds. The molecule has 13 heavy (non-hydrogen) atoms. The van der Waals surface area contributed by atoms with E-state index in [0.29, 0.717) is 19.4 Å². The van der Waals surface area contributed by atoms with Crippen LogP contribution < -0.4 is 5.32 Å². The van der Waals surface area contributed by atoms with Crippen molar-refractivity contribution in [2.24, 2.45) is 0 Å². The highest BCUT2D eigenvalue weighted by molar-refractivity contribution is 5.87. The Kier molecular flexibility index (Phi) is 3.70. The van der Waals surface area contributed by atoms with Crippen molar-refractivity contribution in [3.63, 3.8) is 0 Å². The molecule has 0 aliphatic carbocycles. The van der Waals surface area contributed by atoms with Crippen molar-refractivity contribution in [3.05, 3.63) is 0 Å². The standard InChI is InChI=1S/C8H13NO4/c1-12-4-5-13-8(11)6-2-3-7(10)9-6/h6H,2-5H2,1H3,(H,9,10). The zero-order valence-corrected chi connectivity index (χ0v) is 7.54. The quantitative estimate of drug-likeness (QED) is 0.474. The lowest BCUT2D eigenvalue weighted by atomic mass is 10.2. The third-order valence-electron chi connectivity index (χ3n) is 1.81. The van der Waals surface area contributed by atoms with Gasteiger partial charge >= 0.3 is 5.97 Å². The summed E-state index contributed by atoms with van der Waals surface area (Å²) in [5.41, 5.74) is 0. The lowest BCUT2D eigenvalue weighted by Gasteiger charge is -2.09. The highest BCUT2D eigenvalue weighted by Gasteiger charge is 2.28. The fourth-order valence-corrected chi connectivity index (χ4v) is 1.12. The monoisotopic (exact) mass is 187 g/mol. The van der Waals surface area contributed by atoms with Crippen LogP contribution in [0.4, 0.5) is 0 Å². The van der Waals surface area contributed by atoms with Crippen LogP contribution in [0.3, 0.4) is 0 Å². The Bertz CT molecular complexity index is 204. The first-order valence-corrected chi connectivity index (χ1v) is 4.19. The van der Waals surface area contributed by atoms with Gasteiger partial charge in [0, 0.05) is 13.5 Å². The molecule has 74 valence electrons. The number of amides is 1. The Balaban J connectivity index is 2.20. The maximum atomic E-state index is 11.2. The number of hydrogen-bond acceptors (Lipinski definition) is 4. The molecule has 1 N–H and O–H groups in total. The van der Waals surface area contributed by atoms with Crippen molar-refractivity contribution < 1.29 is 19.1 Å². The summed E-state index contributed by atoms with van der Waals surface area (Å²) in [7, 11) is 1.53. The van der Waals surface area contributed by atoms with E-state index in [1.165, 1.54) is 7.11 Å². The predicted molar refractivity (Wildman–Crippen MR) is 44.0 cm³/mol. The first-order valence-electron chi connectivity index (χ1n) is 4.19. The van der Waals surface area contributed by atoms with Crippen LogP contribution in [0.2, 0.25) is 0 Å². The highest BCUT2D eigenvalue weighted by Crippen LogP contribution is 2.07. The van der Waals surface area contributed by atoms with Gasteiger partial charge in [0.05, 0.1) is 6.61 Å². The van der Waals surface area contributed by atoms with Crippen LogP contribution in [-0.4, -0.2) is 38.2 Å². The lowest BCUT2D eigenvalue weighted by molar-refractivity contribution is -0.147. The van der Waals surface area contributed by atoms with Crippen molar-refractivity contribution in [2.45, 2.75) is 18.9 Å². The van der Waals surface area contributed by atoms with E-state index in [-0.39, 0.29) is 18.5 Å². The van der Waals surface area contributed by atoms with E-state index < -0.39 is 6.04 Å². The first-order chi connectivity index (χ1) is 6.24. The maximum Gasteiger partial charge on any atom is 0.328 e. The summed E-state index contributed by atoms with van der Waals surface area (Å²) in [6, 6.07) is -0.454. The van der Waals surface area contributed by atoms with Gasteiger partial charge in [-0.05, 0) is 6.42 Å². The largest absolute Gasteiger partial charge is 0.462 e. The van der Waals surface area contributed by atoms with Crippen LogP contribution in [0.25, 0.3) is 0 Å². The minimum Gasteiger partial charge on any atom is -0.462 e. The molecular weight excluding hydrogens is 174 g/mol. The second-order valence-corrected chi connectivity index (χ2v) is 2.82. The zero-order valence-electron chi connectivity index (χ0n) is 7.54. The van der Waals surface area contributed by atoms with E-state index in [1.54, 1.807) is 0 Å². The summed E-state index contributed by atoms with van der Waals surface area (Å²) in [5.74, 6) is -0.461. The van der Waals surface area contributed by atoms with Gasteiger partial charge in [0.1, 0.15) is 12.6 Å². The molecule has 1 unspecified atom stereocenters. The van der Waals surface area contributed by atoms with Crippen LogP contribution >= 0.6 is 0 Å². The van der Waals surface area contributed by atoms with Gasteiger partial charge in [-0.2, -0.15) is 0 Å². The Labute approximate surface area is 76.4 Å². The SMILES string of the molecule is COCCOC(=O)C1CCC(=O)N1. The van der Waals surface area contributed by atoms with E-state index in [2.05, 4.69) is 5.32 Å². The fraction of sp³-hybridized carbons (Fsp3) is 0.750. The van der Waals surface area contributed by atoms with Crippen molar-refractivity contribution in [1.82, 2.24) is 5.32 Å². The summed E-state index contributed by atoms with van der Waals surface area (Å²) < 4.78 is 9.55. The molecule has 1 aliphatic heterocycles. The molecule has 0 aromatic carbocycles. The maximum absolute atomic E-state index is 11.2. The summed E-state index contributed by atoms with van der Waals surface area (Å²) in [6.45, 7) is 0.619. The molecule has 0 aromatic heterocycles. The van der Waals surface area contributed by atoms with Crippen LogP contribution in [0.5, 0.6) is 0 Å². The summed E-state index contributed by atoms with van der Waals surface area (Å²) in [4.78, 5) is 21.9. The van der Waals surface area contributed by atoms with Crippen LogP contribution in [0.15, 0.2) is 0 Å². The number of ether oxygens (including phenoxy) is 2. The molecular formula is C8H13NO4. The van der Waals surface area contributed by atoms with Crippen LogP contribution in [0, 0.1) is 0 Å². The summed E-state index contributed by atoms with van der Waals surface area (Å²) in [5, 5.41) is 2.53. The van der Waals surface area contributed by atoms with Crippen molar-refractivity contribution in [3.8, 4) is 0 Å². The summed E-state index contributed by atoms with van der Waals surface area (Å²) in [6.07, 6.45) is 0.939. The van der Waals surface area contributed by atoms with E-state index in [1.807, 2.05) is 0 Å². The molecule has 0 aromatic rings. The Hall–Kier alpha value is -1.10. The molecule has 1 saturated heterocycles. The number of carbonyl (C=O) groups excluding carboxylic acids is 2. The topological polar surface area (TPSA) is 64.6 Å². The highest BCUT2D eigenvalue weighted by atomic mass is 16.6. The molecule has 0 saturated carbocycles. The van der Waals surface area contributed by atoms with Crippen molar-refractivity contribution >= 4 is 11.9 Å². The molecule has 1 heterocycles. The lowest BCUT2D eigenvalue weighted by Crippen LogP contribution is -2.35. The van der Waals surface area contributed by atoms with Gasteiger partial charge in [-0.15, -0.1) is 0 Å². The van der Waals surface area contributed by atoms with E-state index in [4.69, 9.17) is 9.47 Å². The van der Waals surface area contributed by atoms with Gasteiger partial charge in [0.25, 0.3) is 0 Å². The zero-order chi connectivity index (χ0) is 9.68. The van der Waals surface area contributed by atoms with Crippen molar-refractivity contribution in [2.75, 3.05) is 20.3 Å². The fourth-order valence-electron chi connectivity index (χ4n) is 1.12. The summed E-state index contributed by atoms with van der Waals surface area (Å²) >= 11 is 0. The number of methoxy groups -OCH3 is 1. The average Bonchev–Trinajstić information content (AvgIpc) is 2.52. The Morgan fingerprint density at radius 1 is 1.62 bits per heavy atom. The number of esters is 1. The second-order valence-electron chi connectivity index (χ2n) is 2.82. The van der Waals surface area contributed by atoms with Gasteiger partial charge in [-0.1, -0.05) is 0 Å². The van der Waals surface area contributed by atoms with Gasteiger partial charge in [0.15, 0.2) is 0 Å². The third-order valence-corrected chi connectivity index (χ3v) is 1.81. The minimum atomic E-state index is -0.454. The number of hydrogen-bond donors (Lipinski definition) is 1. The van der Waals surface area contributed by atoms with E-state index in [9.17, 15) is 9.59 Å². The van der Waals surface area contributed by atoms with Gasteiger partial charge < -0.3 is 14.8 Å². The van der Waals surface area contributed by atoms with Crippen LogP contribution in [-0.2, 0) is 19.1 Å². The molecule has 0 bridgehead atoms. The normalized spacial score (nSPS) is 21.3. The number of nitrogens with one attached hydrogen (secondary N) is 1. The molecule has 0 spiro atoms. The van der Waals surface area contributed by atoms with E-state index in [0.717, 1.165) is 0 Å². The number of rotatable bonds is 4. The molecule has 5 heteroatoms. The predicted octanol–water partition coefficient (Wildman–Crippen LogP) is -0.545. The van der Waals surface area contributed by atoms with Crippen molar-refractivity contribution in [1.29, 1.82) is 0 Å². The van der Waals surface area contributed by atoms with Gasteiger partial charge in [-0.3, -0.25) is 4.79 Å². The molecule has 1 aliphatic rings.